The number of H-pyrrole nitrogens is 1. The summed E-state index contributed by atoms with van der Waals surface area (Å²) in [6.45, 7) is 2.39. The third kappa shape index (κ3) is 5.94. The number of nitrogens with zero attached hydrogens (tertiary/aromatic N) is 2. The number of alkyl carbamates (subject to hydrolysis) is 1. The van der Waals surface area contributed by atoms with Gasteiger partial charge in [0.2, 0.25) is 11.8 Å². The van der Waals surface area contributed by atoms with Crippen LogP contribution in [-0.4, -0.2) is 46.9 Å². The highest BCUT2D eigenvalue weighted by molar-refractivity contribution is 5.91. The maximum Gasteiger partial charge on any atom is 0.407 e. The molecule has 156 valence electrons. The summed E-state index contributed by atoms with van der Waals surface area (Å²) in [5.41, 5.74) is 1.77. The molecule has 2 aromatic heterocycles. The van der Waals surface area contributed by atoms with Crippen LogP contribution < -0.4 is 15.4 Å². The van der Waals surface area contributed by atoms with Crippen LogP contribution >= 0.6 is 0 Å². The van der Waals surface area contributed by atoms with Gasteiger partial charge in [-0.15, -0.1) is 0 Å². The van der Waals surface area contributed by atoms with E-state index in [9.17, 15) is 9.59 Å². The topological polar surface area (TPSA) is 118 Å². The quantitative estimate of drug-likeness (QED) is 0.626. The fourth-order valence-electron chi connectivity index (χ4n) is 3.45. The van der Waals surface area contributed by atoms with E-state index in [0.29, 0.717) is 18.3 Å². The van der Waals surface area contributed by atoms with Crippen molar-refractivity contribution in [2.75, 3.05) is 19.0 Å². The Morgan fingerprint density at radius 1 is 1.31 bits per heavy atom. The number of nitrogens with one attached hydrogen (secondary N) is 3. The van der Waals surface area contributed by atoms with E-state index in [1.165, 1.54) is 7.11 Å². The Hall–Kier alpha value is -3.10. The molecule has 2 atom stereocenters. The van der Waals surface area contributed by atoms with Crippen molar-refractivity contribution in [2.24, 2.45) is 0 Å². The summed E-state index contributed by atoms with van der Waals surface area (Å²) in [7, 11) is 1.54. The average molecular weight is 401 g/mol. The molecule has 9 heteroatoms. The van der Waals surface area contributed by atoms with Crippen molar-refractivity contribution in [1.82, 2.24) is 20.5 Å². The maximum absolute atomic E-state index is 12.3. The van der Waals surface area contributed by atoms with Crippen molar-refractivity contribution >= 4 is 17.8 Å². The minimum absolute atomic E-state index is 0.0902. The zero-order valence-corrected chi connectivity index (χ0v) is 16.7. The van der Waals surface area contributed by atoms with E-state index in [0.717, 1.165) is 36.9 Å². The molecule has 0 unspecified atom stereocenters. The largest absolute Gasteiger partial charge is 0.481 e. The van der Waals surface area contributed by atoms with E-state index in [-0.39, 0.29) is 30.4 Å². The first-order valence-corrected chi connectivity index (χ1v) is 9.84. The van der Waals surface area contributed by atoms with Gasteiger partial charge in [-0.25, -0.2) is 9.78 Å². The van der Waals surface area contributed by atoms with Crippen LogP contribution in [0.4, 0.5) is 10.6 Å². The van der Waals surface area contributed by atoms with Gasteiger partial charge >= 0.3 is 6.09 Å². The van der Waals surface area contributed by atoms with E-state index in [1.54, 1.807) is 18.3 Å². The number of anilines is 1. The summed E-state index contributed by atoms with van der Waals surface area (Å²) >= 11 is 0. The van der Waals surface area contributed by atoms with E-state index in [2.05, 4.69) is 25.8 Å². The fourth-order valence-corrected chi connectivity index (χ4v) is 3.45. The number of rotatable bonds is 8. The second-order valence-corrected chi connectivity index (χ2v) is 7.13. The first-order chi connectivity index (χ1) is 14.1. The van der Waals surface area contributed by atoms with E-state index in [4.69, 9.17) is 9.47 Å². The molecule has 9 nitrogen and oxygen atoms in total. The molecule has 1 saturated carbocycles. The van der Waals surface area contributed by atoms with Crippen LogP contribution in [0, 0.1) is 0 Å². The van der Waals surface area contributed by atoms with Crippen molar-refractivity contribution in [2.45, 2.75) is 51.0 Å². The lowest BCUT2D eigenvalue weighted by Gasteiger charge is -2.12. The van der Waals surface area contributed by atoms with E-state index in [1.807, 2.05) is 13.0 Å². The molecule has 1 fully saturated rings. The van der Waals surface area contributed by atoms with Gasteiger partial charge in [-0.2, -0.15) is 5.10 Å². The number of carbonyl (C=O) groups excluding carboxylic acids is 2. The minimum atomic E-state index is -0.359. The van der Waals surface area contributed by atoms with Crippen LogP contribution in [0.1, 0.15) is 49.8 Å². The van der Waals surface area contributed by atoms with Gasteiger partial charge in [0.15, 0.2) is 5.82 Å². The molecule has 3 N–H and O–H groups in total. The van der Waals surface area contributed by atoms with Crippen molar-refractivity contribution in [3.8, 4) is 5.88 Å². The number of aromatic nitrogens is 3. The fraction of sp³-hybridized carbons (Fsp3) is 0.500. The van der Waals surface area contributed by atoms with E-state index < -0.39 is 0 Å². The molecule has 2 heterocycles. The number of aromatic amines is 1. The van der Waals surface area contributed by atoms with Crippen molar-refractivity contribution < 1.29 is 19.1 Å². The number of ether oxygens (including phenoxy) is 2. The molecule has 0 aliphatic heterocycles. The smallest absolute Gasteiger partial charge is 0.407 e. The Morgan fingerprint density at radius 3 is 2.97 bits per heavy atom. The number of methoxy groups -OCH3 is 1. The van der Waals surface area contributed by atoms with Crippen LogP contribution in [0.3, 0.4) is 0 Å². The summed E-state index contributed by atoms with van der Waals surface area (Å²) in [5.74, 6) is 1.06. The maximum atomic E-state index is 12.3. The van der Waals surface area contributed by atoms with Gasteiger partial charge in [0.25, 0.3) is 0 Å². The van der Waals surface area contributed by atoms with Gasteiger partial charge in [-0.3, -0.25) is 9.89 Å². The molecule has 0 spiro atoms. The third-order valence-corrected chi connectivity index (χ3v) is 4.87. The van der Waals surface area contributed by atoms with Crippen LogP contribution in [0.15, 0.2) is 24.4 Å². The van der Waals surface area contributed by atoms with Crippen LogP contribution in [0.5, 0.6) is 5.88 Å². The van der Waals surface area contributed by atoms with Gasteiger partial charge in [-0.1, -0.05) is 6.92 Å². The molecule has 29 heavy (non-hydrogen) atoms. The molecule has 1 aliphatic carbocycles. The van der Waals surface area contributed by atoms with Crippen LogP contribution in [0.2, 0.25) is 0 Å². The Kier molecular flexibility index (Phi) is 7.04. The molecule has 2 amide bonds. The lowest BCUT2D eigenvalue weighted by molar-refractivity contribution is -0.115. The molecule has 2 aromatic rings. The summed E-state index contributed by atoms with van der Waals surface area (Å²) < 4.78 is 10.1. The second-order valence-electron chi connectivity index (χ2n) is 7.13. The minimum Gasteiger partial charge on any atom is -0.481 e. The Balaban J connectivity index is 1.49. The predicted octanol–water partition coefficient (Wildman–Crippen LogP) is 2.77. The second kappa shape index (κ2) is 9.90. The highest BCUT2D eigenvalue weighted by Gasteiger charge is 2.28. The van der Waals surface area contributed by atoms with Gasteiger partial charge in [-0.05, 0) is 37.3 Å². The molecule has 0 bridgehead atoms. The van der Waals surface area contributed by atoms with Crippen LogP contribution in [-0.2, 0) is 16.0 Å². The zero-order chi connectivity index (χ0) is 20.6. The monoisotopic (exact) mass is 401 g/mol. The van der Waals surface area contributed by atoms with Crippen molar-refractivity contribution in [3.05, 3.63) is 35.7 Å². The third-order valence-electron chi connectivity index (χ3n) is 4.87. The van der Waals surface area contributed by atoms with Gasteiger partial charge in [0.1, 0.15) is 0 Å². The van der Waals surface area contributed by atoms with Crippen molar-refractivity contribution in [3.63, 3.8) is 0 Å². The van der Waals surface area contributed by atoms with Crippen molar-refractivity contribution in [1.29, 1.82) is 0 Å². The highest BCUT2D eigenvalue weighted by atomic mass is 16.5. The molecular weight excluding hydrogens is 374 g/mol. The predicted molar refractivity (Wildman–Crippen MR) is 107 cm³/mol. The Morgan fingerprint density at radius 2 is 2.17 bits per heavy atom. The Bertz CT molecular complexity index is 838. The summed E-state index contributed by atoms with van der Waals surface area (Å²) in [6, 6.07) is 5.45. The molecular formula is C20H27N5O4. The van der Waals surface area contributed by atoms with Crippen LogP contribution in [0.25, 0.3) is 0 Å². The molecule has 0 radical (unpaired) electrons. The number of carbonyl (C=O) groups is 2. The number of hydrogen-bond donors (Lipinski definition) is 3. The SMILES string of the molecule is CCCOC(=O)N[C@H]1CC[C@@H](c2cc(NC(=O)Cc3ccnc(OC)c3)n[nH]2)C1. The Labute approximate surface area is 169 Å². The first-order valence-electron chi connectivity index (χ1n) is 9.84. The lowest BCUT2D eigenvalue weighted by atomic mass is 10.0. The summed E-state index contributed by atoms with van der Waals surface area (Å²) in [6.07, 6.45) is 4.89. The first kappa shape index (κ1) is 20.6. The molecule has 0 aromatic carbocycles. The van der Waals surface area contributed by atoms with Gasteiger partial charge in [0, 0.05) is 36.0 Å². The standard InChI is InChI=1S/C20H27N5O4/c1-3-8-29-20(27)22-15-5-4-14(11-15)16-12-17(25-24-16)23-18(26)9-13-6-7-21-19(10-13)28-2/h6-7,10,12,14-15H,3-5,8-9,11H2,1-2H3,(H,22,27)(H2,23,24,25,26)/t14-,15+/m1/s1. The lowest BCUT2D eigenvalue weighted by Crippen LogP contribution is -2.33. The number of hydrogen-bond acceptors (Lipinski definition) is 6. The summed E-state index contributed by atoms with van der Waals surface area (Å²) in [4.78, 5) is 28.0. The molecule has 0 saturated heterocycles. The average Bonchev–Trinajstić information content (AvgIpc) is 3.36. The number of pyridine rings is 1. The molecule has 3 rings (SSSR count). The van der Waals surface area contributed by atoms with E-state index >= 15 is 0 Å². The number of amides is 2. The summed E-state index contributed by atoms with van der Waals surface area (Å²) in [5, 5.41) is 12.9. The molecule has 1 aliphatic rings. The zero-order valence-electron chi connectivity index (χ0n) is 16.7. The normalized spacial score (nSPS) is 18.3. The highest BCUT2D eigenvalue weighted by Crippen LogP contribution is 2.34. The van der Waals surface area contributed by atoms with Gasteiger partial charge < -0.3 is 20.1 Å². The van der Waals surface area contributed by atoms with Gasteiger partial charge in [0.05, 0.1) is 20.1 Å².